The Morgan fingerprint density at radius 3 is 1.32 bits per heavy atom. The quantitative estimate of drug-likeness (QED) is 0.0195. The highest BCUT2D eigenvalue weighted by atomic mass is 31.2. The zero-order valence-corrected chi connectivity index (χ0v) is 42.0. The highest BCUT2D eigenvalue weighted by molar-refractivity contribution is 7.45. The molecule has 0 spiro atoms. The highest BCUT2D eigenvalue weighted by Crippen LogP contribution is 2.38. The van der Waals surface area contributed by atoms with Gasteiger partial charge in [-0.2, -0.15) is 0 Å². The molecule has 0 aromatic rings. The molecule has 2 atom stereocenters. The number of phosphoric ester groups is 1. The lowest BCUT2D eigenvalue weighted by Crippen LogP contribution is -2.37. The van der Waals surface area contributed by atoms with Gasteiger partial charge in [-0.1, -0.05) is 185 Å². The van der Waals surface area contributed by atoms with Crippen LogP contribution < -0.4 is 4.89 Å². The summed E-state index contributed by atoms with van der Waals surface area (Å²) < 4.78 is 34.0. The minimum atomic E-state index is -4.63. The third-order valence-electron chi connectivity index (χ3n) is 11.1. The first-order valence-electron chi connectivity index (χ1n) is 25.7. The van der Waals surface area contributed by atoms with E-state index in [1.807, 2.05) is 21.1 Å². The molecule has 9 nitrogen and oxygen atoms in total. The molecule has 0 saturated carbocycles. The van der Waals surface area contributed by atoms with E-state index >= 15 is 0 Å². The van der Waals surface area contributed by atoms with Crippen LogP contribution in [0.15, 0.2) is 36.5 Å². The number of carbonyl (C=O) groups excluding carboxylic acids is 2. The van der Waals surface area contributed by atoms with Crippen molar-refractivity contribution in [2.75, 3.05) is 47.5 Å². The van der Waals surface area contributed by atoms with Gasteiger partial charge in [0.2, 0.25) is 0 Å². The maximum Gasteiger partial charge on any atom is 0.306 e. The lowest BCUT2D eigenvalue weighted by Gasteiger charge is -2.28. The summed E-state index contributed by atoms with van der Waals surface area (Å²) in [5, 5.41) is 0. The minimum absolute atomic E-state index is 0.0321. The Bertz CT molecular complexity index is 1150. The van der Waals surface area contributed by atoms with Crippen LogP contribution in [0.1, 0.15) is 232 Å². The van der Waals surface area contributed by atoms with Crippen molar-refractivity contribution < 1.29 is 42.1 Å². The third kappa shape index (κ3) is 47.7. The SMILES string of the molecule is CCCCC/C=C\C/C=C\CCCCCCCCCCCC(=O)O[C@H](COC(=O)CCCCCCCCC/C=C\CCCCCCCCCC)COP(=O)([O-])OCC[N+](C)(C)C. The van der Waals surface area contributed by atoms with Gasteiger partial charge < -0.3 is 27.9 Å². The normalized spacial score (nSPS) is 13.7. The molecule has 62 heavy (non-hydrogen) atoms. The molecule has 0 aliphatic carbocycles. The molecule has 0 aromatic carbocycles. The first kappa shape index (κ1) is 60.2. The average molecular weight is 896 g/mol. The van der Waals surface area contributed by atoms with Crippen LogP contribution in [0, 0.1) is 0 Å². The van der Waals surface area contributed by atoms with Gasteiger partial charge in [-0.25, -0.2) is 0 Å². The molecule has 0 heterocycles. The summed E-state index contributed by atoms with van der Waals surface area (Å²) >= 11 is 0. The molecule has 10 heteroatoms. The second-order valence-corrected chi connectivity index (χ2v) is 19.9. The second kappa shape index (κ2) is 44.4. The fourth-order valence-corrected chi connectivity index (χ4v) is 7.82. The van der Waals surface area contributed by atoms with Gasteiger partial charge in [0, 0.05) is 12.8 Å². The van der Waals surface area contributed by atoms with Crippen molar-refractivity contribution in [1.29, 1.82) is 0 Å². The van der Waals surface area contributed by atoms with Crippen molar-refractivity contribution in [3.8, 4) is 0 Å². The van der Waals surface area contributed by atoms with Crippen LogP contribution in [0.25, 0.3) is 0 Å². The zero-order valence-electron chi connectivity index (χ0n) is 41.1. The molecule has 364 valence electrons. The Morgan fingerprint density at radius 1 is 0.500 bits per heavy atom. The molecule has 0 saturated heterocycles. The van der Waals surface area contributed by atoms with E-state index in [2.05, 4.69) is 50.3 Å². The lowest BCUT2D eigenvalue weighted by atomic mass is 10.1. The number of phosphoric acid groups is 1. The first-order valence-corrected chi connectivity index (χ1v) is 27.2. The molecule has 0 N–H and O–H groups in total. The van der Waals surface area contributed by atoms with Crippen molar-refractivity contribution in [3.05, 3.63) is 36.5 Å². The van der Waals surface area contributed by atoms with Crippen LogP contribution >= 0.6 is 7.82 Å². The number of nitrogens with zero attached hydrogens (tertiary/aromatic N) is 1. The number of likely N-dealkylation sites (N-methyl/N-ethyl adjacent to an activating group) is 1. The summed E-state index contributed by atoms with van der Waals surface area (Å²) in [5.41, 5.74) is 0. The summed E-state index contributed by atoms with van der Waals surface area (Å²) in [5.74, 6) is -0.837. The molecule has 0 aliphatic heterocycles. The molecule has 0 fully saturated rings. The molecule has 0 aromatic heterocycles. The van der Waals surface area contributed by atoms with E-state index in [1.54, 1.807) is 0 Å². The van der Waals surface area contributed by atoms with Crippen LogP contribution in [0.5, 0.6) is 0 Å². The summed E-state index contributed by atoms with van der Waals surface area (Å²) in [7, 11) is 1.16. The largest absolute Gasteiger partial charge is 0.756 e. The van der Waals surface area contributed by atoms with Crippen molar-refractivity contribution in [2.45, 2.75) is 238 Å². The maximum atomic E-state index is 12.7. The van der Waals surface area contributed by atoms with E-state index in [4.69, 9.17) is 18.5 Å². The Morgan fingerprint density at radius 2 is 0.871 bits per heavy atom. The van der Waals surface area contributed by atoms with Gasteiger partial charge in [0.25, 0.3) is 7.82 Å². The predicted molar refractivity (Wildman–Crippen MR) is 259 cm³/mol. The lowest BCUT2D eigenvalue weighted by molar-refractivity contribution is -0.870. The summed E-state index contributed by atoms with van der Waals surface area (Å²) in [6, 6.07) is 0. The van der Waals surface area contributed by atoms with Crippen LogP contribution in [-0.2, 0) is 32.7 Å². The number of esters is 2. The van der Waals surface area contributed by atoms with Crippen molar-refractivity contribution in [3.63, 3.8) is 0 Å². The smallest absolute Gasteiger partial charge is 0.306 e. The third-order valence-corrected chi connectivity index (χ3v) is 12.1. The maximum absolute atomic E-state index is 12.7. The fraction of sp³-hybridized carbons (Fsp3) is 0.846. The zero-order chi connectivity index (χ0) is 45.7. The monoisotopic (exact) mass is 896 g/mol. The minimum Gasteiger partial charge on any atom is -0.756 e. The number of hydrogen-bond acceptors (Lipinski definition) is 8. The average Bonchev–Trinajstić information content (AvgIpc) is 3.23. The Labute approximate surface area is 382 Å². The second-order valence-electron chi connectivity index (χ2n) is 18.5. The van der Waals surface area contributed by atoms with Gasteiger partial charge >= 0.3 is 11.9 Å². The van der Waals surface area contributed by atoms with Crippen molar-refractivity contribution in [1.82, 2.24) is 0 Å². The van der Waals surface area contributed by atoms with Gasteiger partial charge in [0.1, 0.15) is 19.8 Å². The van der Waals surface area contributed by atoms with Gasteiger partial charge in [0.05, 0.1) is 27.7 Å². The van der Waals surface area contributed by atoms with Gasteiger partial charge in [-0.05, 0) is 70.6 Å². The van der Waals surface area contributed by atoms with E-state index in [0.29, 0.717) is 17.4 Å². The number of rotatable bonds is 47. The highest BCUT2D eigenvalue weighted by Gasteiger charge is 2.21. The molecule has 0 aliphatic rings. The van der Waals surface area contributed by atoms with Crippen molar-refractivity contribution in [2.24, 2.45) is 0 Å². The van der Waals surface area contributed by atoms with Gasteiger partial charge in [-0.15, -0.1) is 0 Å². The number of unbranched alkanes of at least 4 members (excludes halogenated alkanes) is 27. The summed E-state index contributed by atoms with van der Waals surface area (Å²) in [6.45, 7) is 4.22. The Hall–Kier alpha value is -1.77. The number of allylic oxidation sites excluding steroid dienone is 6. The van der Waals surface area contributed by atoms with Crippen molar-refractivity contribution >= 4 is 19.8 Å². The molecule has 1 unspecified atom stereocenters. The van der Waals surface area contributed by atoms with Gasteiger partial charge in [0.15, 0.2) is 6.10 Å². The van der Waals surface area contributed by atoms with E-state index in [-0.39, 0.29) is 32.0 Å². The molecule has 0 radical (unpaired) electrons. The van der Waals surface area contributed by atoms with E-state index in [0.717, 1.165) is 64.2 Å². The predicted octanol–water partition coefficient (Wildman–Crippen LogP) is 14.6. The summed E-state index contributed by atoms with van der Waals surface area (Å²) in [6.07, 6.45) is 51.7. The topological polar surface area (TPSA) is 111 Å². The van der Waals surface area contributed by atoms with E-state index < -0.39 is 26.5 Å². The first-order chi connectivity index (χ1) is 30.0. The van der Waals surface area contributed by atoms with E-state index in [1.165, 1.54) is 135 Å². The van der Waals surface area contributed by atoms with Crippen LogP contribution in [0.3, 0.4) is 0 Å². The van der Waals surface area contributed by atoms with Crippen LogP contribution in [0.4, 0.5) is 0 Å². The Kier molecular flexibility index (Phi) is 43.2. The number of carbonyl (C=O) groups is 2. The molecular formula is C52H98NO8P. The van der Waals surface area contributed by atoms with Crippen LogP contribution in [-0.4, -0.2) is 70.0 Å². The van der Waals surface area contributed by atoms with Gasteiger partial charge in [-0.3, -0.25) is 14.2 Å². The molecular weight excluding hydrogens is 798 g/mol. The summed E-state index contributed by atoms with van der Waals surface area (Å²) in [4.78, 5) is 37.7. The Balaban J connectivity index is 4.26. The van der Waals surface area contributed by atoms with Crippen LogP contribution in [0.2, 0.25) is 0 Å². The number of ether oxygens (including phenoxy) is 2. The fourth-order valence-electron chi connectivity index (χ4n) is 7.09. The molecule has 0 rings (SSSR count). The van der Waals surface area contributed by atoms with E-state index in [9.17, 15) is 19.0 Å². The number of hydrogen-bond donors (Lipinski definition) is 0. The number of quaternary nitrogens is 1. The molecule has 0 amide bonds. The standard InChI is InChI=1S/C52H98NO8P/c1-6-8-10-12-14-16-18-20-22-24-26-28-30-32-34-36-38-40-42-44-51(54)58-48-50(49-60-62(56,57)59-47-46-53(3,4)5)61-52(55)45-43-41-39-37-35-33-31-29-27-25-23-21-19-17-15-13-11-9-7-2/h15,17,21,23-24,26,50H,6-14,16,18-20,22,25,27-49H2,1-5H3/b17-15-,23-21-,26-24-/t50-/m1/s1. The molecule has 0 bridgehead atoms.